The fourth-order valence-corrected chi connectivity index (χ4v) is 1.98. The summed E-state index contributed by atoms with van der Waals surface area (Å²) in [5, 5.41) is 3.37. The van der Waals surface area contributed by atoms with Gasteiger partial charge in [0.15, 0.2) is 0 Å². The number of hydrogen-bond acceptors (Lipinski definition) is 3. The second-order valence-electron chi connectivity index (χ2n) is 4.20. The lowest BCUT2D eigenvalue weighted by atomic mass is 10.2. The van der Waals surface area contributed by atoms with E-state index in [1.165, 1.54) is 5.69 Å². The zero-order valence-corrected chi connectivity index (χ0v) is 11.0. The second kappa shape index (κ2) is 6.15. The van der Waals surface area contributed by atoms with Crippen LogP contribution < -0.4 is 10.2 Å². The Kier molecular flexibility index (Phi) is 4.29. The average molecular weight is 244 g/mol. The summed E-state index contributed by atoms with van der Waals surface area (Å²) in [6, 6.07) is 10.5. The SMILES string of the molecule is CCN(CC)c1ccc(NCc2ccoc2)cc1. The number of hydrogen-bond donors (Lipinski definition) is 1. The monoisotopic (exact) mass is 244 g/mol. The van der Waals surface area contributed by atoms with Crippen molar-refractivity contribution in [2.24, 2.45) is 0 Å². The Morgan fingerprint density at radius 1 is 1.06 bits per heavy atom. The van der Waals surface area contributed by atoms with Crippen LogP contribution in [0.5, 0.6) is 0 Å². The molecule has 0 radical (unpaired) electrons. The molecule has 1 heterocycles. The molecule has 0 amide bonds. The first-order chi connectivity index (χ1) is 8.83. The topological polar surface area (TPSA) is 28.4 Å². The minimum Gasteiger partial charge on any atom is -0.472 e. The van der Waals surface area contributed by atoms with Crippen molar-refractivity contribution in [2.75, 3.05) is 23.3 Å². The Labute approximate surface area is 108 Å². The molecule has 96 valence electrons. The van der Waals surface area contributed by atoms with Gasteiger partial charge in [0.05, 0.1) is 12.5 Å². The second-order valence-corrected chi connectivity index (χ2v) is 4.20. The van der Waals surface area contributed by atoms with E-state index in [0.29, 0.717) is 0 Å². The van der Waals surface area contributed by atoms with Crippen LogP contribution in [0.1, 0.15) is 19.4 Å². The summed E-state index contributed by atoms with van der Waals surface area (Å²) in [6.45, 7) is 7.22. The molecule has 0 atom stereocenters. The maximum Gasteiger partial charge on any atom is 0.0952 e. The molecule has 0 saturated carbocycles. The molecule has 3 nitrogen and oxygen atoms in total. The lowest BCUT2D eigenvalue weighted by Crippen LogP contribution is -2.21. The highest BCUT2D eigenvalue weighted by Gasteiger charge is 2.01. The van der Waals surface area contributed by atoms with Crippen LogP contribution >= 0.6 is 0 Å². The minimum atomic E-state index is 0.793. The van der Waals surface area contributed by atoms with E-state index in [2.05, 4.69) is 48.3 Å². The first kappa shape index (κ1) is 12.6. The zero-order valence-electron chi connectivity index (χ0n) is 11.0. The summed E-state index contributed by atoms with van der Waals surface area (Å²) in [5.41, 5.74) is 3.56. The van der Waals surface area contributed by atoms with E-state index in [1.54, 1.807) is 12.5 Å². The highest BCUT2D eigenvalue weighted by molar-refractivity contribution is 5.55. The molecule has 1 N–H and O–H groups in total. The highest BCUT2D eigenvalue weighted by Crippen LogP contribution is 2.18. The minimum absolute atomic E-state index is 0.793. The summed E-state index contributed by atoms with van der Waals surface area (Å²) in [7, 11) is 0. The highest BCUT2D eigenvalue weighted by atomic mass is 16.3. The molecule has 0 bridgehead atoms. The van der Waals surface area contributed by atoms with Crippen LogP contribution in [0.15, 0.2) is 47.3 Å². The molecule has 0 aliphatic rings. The van der Waals surface area contributed by atoms with Crippen molar-refractivity contribution in [3.63, 3.8) is 0 Å². The first-order valence-electron chi connectivity index (χ1n) is 6.43. The summed E-state index contributed by atoms with van der Waals surface area (Å²) < 4.78 is 5.04. The van der Waals surface area contributed by atoms with Crippen molar-refractivity contribution < 1.29 is 4.42 Å². The normalized spacial score (nSPS) is 10.3. The summed E-state index contributed by atoms with van der Waals surface area (Å²) in [5.74, 6) is 0. The van der Waals surface area contributed by atoms with Crippen molar-refractivity contribution in [2.45, 2.75) is 20.4 Å². The van der Waals surface area contributed by atoms with Gasteiger partial charge < -0.3 is 14.6 Å². The zero-order chi connectivity index (χ0) is 12.8. The van der Waals surface area contributed by atoms with Crippen LogP contribution in [-0.2, 0) is 6.54 Å². The molecular formula is C15H20N2O. The van der Waals surface area contributed by atoms with Gasteiger partial charge in [-0.3, -0.25) is 0 Å². The molecule has 0 aliphatic carbocycles. The Hall–Kier alpha value is -1.90. The van der Waals surface area contributed by atoms with Crippen molar-refractivity contribution in [3.05, 3.63) is 48.4 Å². The lowest BCUT2D eigenvalue weighted by molar-refractivity contribution is 0.564. The fraction of sp³-hybridized carbons (Fsp3) is 0.333. The number of nitrogens with zero attached hydrogens (tertiary/aromatic N) is 1. The molecule has 0 spiro atoms. The maximum atomic E-state index is 5.04. The van der Waals surface area contributed by atoms with Crippen LogP contribution in [0, 0.1) is 0 Å². The van der Waals surface area contributed by atoms with E-state index in [-0.39, 0.29) is 0 Å². The van der Waals surface area contributed by atoms with Crippen molar-refractivity contribution in [1.82, 2.24) is 0 Å². The third-order valence-electron chi connectivity index (χ3n) is 3.07. The van der Waals surface area contributed by atoms with E-state index in [4.69, 9.17) is 4.42 Å². The van der Waals surface area contributed by atoms with Crippen LogP contribution in [0.3, 0.4) is 0 Å². The molecule has 1 aromatic carbocycles. The number of benzene rings is 1. The Morgan fingerprint density at radius 2 is 1.78 bits per heavy atom. The van der Waals surface area contributed by atoms with Gasteiger partial charge in [-0.2, -0.15) is 0 Å². The van der Waals surface area contributed by atoms with Crippen LogP contribution in [0.25, 0.3) is 0 Å². The van der Waals surface area contributed by atoms with E-state index < -0.39 is 0 Å². The maximum absolute atomic E-state index is 5.04. The average Bonchev–Trinajstić information content (AvgIpc) is 2.92. The third kappa shape index (κ3) is 3.06. The third-order valence-corrected chi connectivity index (χ3v) is 3.07. The van der Waals surface area contributed by atoms with Crippen LogP contribution in [-0.4, -0.2) is 13.1 Å². The summed E-state index contributed by atoms with van der Waals surface area (Å²) in [4.78, 5) is 2.33. The molecule has 1 aromatic heterocycles. The van der Waals surface area contributed by atoms with Gasteiger partial charge in [0, 0.05) is 36.6 Å². The van der Waals surface area contributed by atoms with E-state index in [1.807, 2.05) is 6.07 Å². The summed E-state index contributed by atoms with van der Waals surface area (Å²) in [6.07, 6.45) is 3.46. The predicted octanol–water partition coefficient (Wildman–Crippen LogP) is 3.74. The molecular weight excluding hydrogens is 224 g/mol. The molecule has 18 heavy (non-hydrogen) atoms. The Balaban J connectivity index is 1.95. The standard InChI is InChI=1S/C15H20N2O/c1-3-17(4-2)15-7-5-14(6-8-15)16-11-13-9-10-18-12-13/h5-10,12,16H,3-4,11H2,1-2H3. The summed E-state index contributed by atoms with van der Waals surface area (Å²) >= 11 is 0. The van der Waals surface area contributed by atoms with Crippen molar-refractivity contribution in [1.29, 1.82) is 0 Å². The number of anilines is 2. The van der Waals surface area contributed by atoms with E-state index in [9.17, 15) is 0 Å². The smallest absolute Gasteiger partial charge is 0.0952 e. The van der Waals surface area contributed by atoms with E-state index >= 15 is 0 Å². The Morgan fingerprint density at radius 3 is 2.33 bits per heavy atom. The van der Waals surface area contributed by atoms with Crippen LogP contribution in [0.2, 0.25) is 0 Å². The van der Waals surface area contributed by atoms with Gasteiger partial charge in [-0.05, 0) is 44.2 Å². The van der Waals surface area contributed by atoms with Gasteiger partial charge >= 0.3 is 0 Å². The van der Waals surface area contributed by atoms with Crippen molar-refractivity contribution in [3.8, 4) is 0 Å². The van der Waals surface area contributed by atoms with Gasteiger partial charge in [0.2, 0.25) is 0 Å². The predicted molar refractivity (Wildman–Crippen MR) is 76.0 cm³/mol. The molecule has 0 saturated heterocycles. The largest absolute Gasteiger partial charge is 0.472 e. The van der Waals surface area contributed by atoms with Crippen molar-refractivity contribution >= 4 is 11.4 Å². The molecule has 0 aliphatic heterocycles. The van der Waals surface area contributed by atoms with Gasteiger partial charge in [-0.1, -0.05) is 0 Å². The molecule has 0 unspecified atom stereocenters. The quantitative estimate of drug-likeness (QED) is 0.839. The van der Waals surface area contributed by atoms with Gasteiger partial charge in [-0.15, -0.1) is 0 Å². The molecule has 3 heteroatoms. The molecule has 0 fully saturated rings. The van der Waals surface area contributed by atoms with Gasteiger partial charge in [0.25, 0.3) is 0 Å². The fourth-order valence-electron chi connectivity index (χ4n) is 1.98. The Bertz CT molecular complexity index is 444. The molecule has 2 aromatic rings. The lowest BCUT2D eigenvalue weighted by Gasteiger charge is -2.21. The van der Waals surface area contributed by atoms with E-state index in [0.717, 1.165) is 30.9 Å². The number of nitrogens with one attached hydrogen (secondary N) is 1. The number of furan rings is 1. The molecule has 2 rings (SSSR count). The van der Waals surface area contributed by atoms with Gasteiger partial charge in [-0.25, -0.2) is 0 Å². The van der Waals surface area contributed by atoms with Crippen LogP contribution in [0.4, 0.5) is 11.4 Å². The number of rotatable bonds is 6. The first-order valence-corrected chi connectivity index (χ1v) is 6.43. The van der Waals surface area contributed by atoms with Gasteiger partial charge in [0.1, 0.15) is 0 Å².